The van der Waals surface area contributed by atoms with E-state index in [1.165, 1.54) is 135 Å². The van der Waals surface area contributed by atoms with Crippen LogP contribution in [0.4, 0.5) is 45.5 Å². The van der Waals surface area contributed by atoms with Crippen molar-refractivity contribution in [3.8, 4) is 11.1 Å². The molecule has 13 rings (SSSR count). The Morgan fingerprint density at radius 1 is 0.466 bits per heavy atom. The van der Waals surface area contributed by atoms with Crippen LogP contribution in [-0.4, -0.2) is 12.3 Å². The highest BCUT2D eigenvalue weighted by molar-refractivity contribution is 7.26. The van der Waals surface area contributed by atoms with E-state index in [-0.39, 0.29) is 33.9 Å². The number of fused-ring (bicyclic) bond motifs is 10. The monoisotopic (exact) mass is 970 g/mol. The molecule has 364 valence electrons. The highest BCUT2D eigenvalue weighted by atomic mass is 32.1. The van der Waals surface area contributed by atoms with Gasteiger partial charge in [0, 0.05) is 60.6 Å². The molecule has 3 aliphatic heterocycles. The fourth-order valence-electron chi connectivity index (χ4n) is 13.6. The summed E-state index contributed by atoms with van der Waals surface area (Å²) < 4.78 is 2.64. The average Bonchev–Trinajstić information content (AvgIpc) is 3.85. The number of hydrogen-bond donors (Lipinski definition) is 0. The van der Waals surface area contributed by atoms with Crippen LogP contribution >= 0.6 is 11.3 Å². The highest BCUT2D eigenvalue weighted by Gasteiger charge is 2.58. The predicted molar refractivity (Wildman–Crippen MR) is 318 cm³/mol. The molecular weight excluding hydrogens is 902 g/mol. The Morgan fingerprint density at radius 2 is 1.01 bits per heavy atom. The molecule has 2 atom stereocenters. The molecule has 0 amide bonds. The van der Waals surface area contributed by atoms with Gasteiger partial charge in [0.15, 0.2) is 0 Å². The van der Waals surface area contributed by atoms with Crippen LogP contribution in [-0.2, 0) is 21.7 Å². The lowest BCUT2D eigenvalue weighted by molar-refractivity contribution is 0.195. The number of benzene rings is 8. The quantitative estimate of drug-likeness (QED) is 0.163. The smallest absolute Gasteiger partial charge is 0.252 e. The first kappa shape index (κ1) is 46.2. The summed E-state index contributed by atoms with van der Waals surface area (Å²) in [5.41, 5.74) is 21.8. The van der Waals surface area contributed by atoms with E-state index < -0.39 is 0 Å². The van der Waals surface area contributed by atoms with E-state index in [0.29, 0.717) is 0 Å². The van der Waals surface area contributed by atoms with Crippen molar-refractivity contribution >= 4 is 100 Å². The summed E-state index contributed by atoms with van der Waals surface area (Å²) in [4.78, 5) is 8.22. The van der Waals surface area contributed by atoms with Gasteiger partial charge >= 0.3 is 0 Å². The van der Waals surface area contributed by atoms with Crippen LogP contribution in [0.1, 0.15) is 124 Å². The summed E-state index contributed by atoms with van der Waals surface area (Å²) in [7, 11) is 0. The van der Waals surface area contributed by atoms with Gasteiger partial charge in [0.05, 0.1) is 21.6 Å². The molecule has 5 heteroatoms. The number of anilines is 8. The van der Waals surface area contributed by atoms with E-state index in [4.69, 9.17) is 0 Å². The van der Waals surface area contributed by atoms with Gasteiger partial charge in [-0.2, -0.15) is 0 Å². The summed E-state index contributed by atoms with van der Waals surface area (Å²) in [5.74, 6) is 0. The molecule has 4 heterocycles. The summed E-state index contributed by atoms with van der Waals surface area (Å²) in [5, 5.41) is 2.63. The number of rotatable bonds is 4. The molecular formula is C68H68BN3S. The number of hydrogen-bond acceptors (Lipinski definition) is 4. The molecule has 0 radical (unpaired) electrons. The molecule has 1 fully saturated rings. The van der Waals surface area contributed by atoms with Gasteiger partial charge < -0.3 is 14.7 Å². The Morgan fingerprint density at radius 3 is 1.68 bits per heavy atom. The van der Waals surface area contributed by atoms with Gasteiger partial charge in [0.1, 0.15) is 0 Å². The largest absolute Gasteiger partial charge is 0.334 e. The van der Waals surface area contributed by atoms with Gasteiger partial charge in [0.2, 0.25) is 0 Å². The van der Waals surface area contributed by atoms with Gasteiger partial charge in [-0.25, -0.2) is 0 Å². The third kappa shape index (κ3) is 6.83. The highest BCUT2D eigenvalue weighted by Crippen LogP contribution is 2.62. The molecule has 4 aliphatic rings. The third-order valence-electron chi connectivity index (χ3n) is 17.9. The molecule has 0 saturated heterocycles. The molecule has 1 aliphatic carbocycles. The fraction of sp³-hybridized carbons (Fsp3) is 0.294. The second kappa shape index (κ2) is 16.0. The van der Waals surface area contributed by atoms with Crippen molar-refractivity contribution < 1.29 is 0 Å². The number of para-hydroxylation sites is 1. The van der Waals surface area contributed by atoms with Crippen LogP contribution in [0, 0.1) is 0 Å². The Labute approximate surface area is 438 Å². The fourth-order valence-corrected chi connectivity index (χ4v) is 14.8. The molecule has 9 aromatic rings. The zero-order valence-electron chi connectivity index (χ0n) is 44.7. The van der Waals surface area contributed by atoms with Gasteiger partial charge in [-0.15, -0.1) is 11.3 Å². The van der Waals surface area contributed by atoms with Gasteiger partial charge in [-0.05, 0) is 135 Å². The molecule has 0 spiro atoms. The Hall–Kier alpha value is -6.56. The van der Waals surface area contributed by atoms with Crippen molar-refractivity contribution in [2.45, 2.75) is 129 Å². The van der Waals surface area contributed by atoms with Crippen molar-refractivity contribution in [1.82, 2.24) is 0 Å². The topological polar surface area (TPSA) is 9.72 Å². The zero-order chi connectivity index (χ0) is 50.6. The second-order valence-corrected chi connectivity index (χ2v) is 26.4. The third-order valence-corrected chi connectivity index (χ3v) is 19.1. The van der Waals surface area contributed by atoms with Crippen LogP contribution in [0.2, 0.25) is 0 Å². The molecule has 3 nitrogen and oxygen atoms in total. The van der Waals surface area contributed by atoms with Crippen molar-refractivity contribution in [3.63, 3.8) is 0 Å². The van der Waals surface area contributed by atoms with Gasteiger partial charge in [-0.1, -0.05) is 191 Å². The number of thiophene rings is 1. The summed E-state index contributed by atoms with van der Waals surface area (Å²) in [6, 6.07) is 64.1. The van der Waals surface area contributed by atoms with Crippen LogP contribution in [0.3, 0.4) is 0 Å². The Kier molecular flexibility index (Phi) is 10.1. The zero-order valence-corrected chi connectivity index (χ0v) is 45.6. The maximum absolute atomic E-state index is 2.81. The summed E-state index contributed by atoms with van der Waals surface area (Å²) in [6.45, 7) is 26.3. The van der Waals surface area contributed by atoms with Gasteiger partial charge in [-0.3, -0.25) is 0 Å². The standard InChI is InChI=1S/C68H68BN3S/c1-64(2,3)44-32-35-54(50(38-44)43-22-13-12-14-23-43)70-57-39-45(65(4,5)6)30-33-52(57)69-53-34-31-46(66(7,8)9)40-58(53)71(56-28-21-25-49-48-24-15-18-29-61(48)73-63(49)56)60-42-47(41-59(70)62(60)69)72-55-27-17-16-26-51(55)67(10)36-19-20-37-68(67,72)11/h12-18,21-35,38-42H,19-20,36-37H2,1-11H3. The van der Waals surface area contributed by atoms with Crippen molar-refractivity contribution in [2.75, 3.05) is 14.7 Å². The Bertz CT molecular complexity index is 3710. The Balaban J connectivity index is 1.20. The van der Waals surface area contributed by atoms with Crippen molar-refractivity contribution in [3.05, 3.63) is 186 Å². The minimum absolute atomic E-state index is 0.00869. The van der Waals surface area contributed by atoms with E-state index in [0.717, 1.165) is 6.42 Å². The minimum Gasteiger partial charge on any atom is -0.334 e. The normalized spacial score (nSPS) is 19.2. The second-order valence-electron chi connectivity index (χ2n) is 25.3. The van der Waals surface area contributed by atoms with E-state index in [1.807, 2.05) is 11.3 Å². The van der Waals surface area contributed by atoms with Crippen LogP contribution in [0.25, 0.3) is 31.3 Å². The lowest BCUT2D eigenvalue weighted by atomic mass is 9.33. The van der Waals surface area contributed by atoms with Crippen molar-refractivity contribution in [1.29, 1.82) is 0 Å². The van der Waals surface area contributed by atoms with E-state index >= 15 is 0 Å². The van der Waals surface area contributed by atoms with E-state index in [1.54, 1.807) is 0 Å². The summed E-state index contributed by atoms with van der Waals surface area (Å²) >= 11 is 1.93. The predicted octanol–water partition coefficient (Wildman–Crippen LogP) is 17.4. The molecule has 1 aromatic heterocycles. The van der Waals surface area contributed by atoms with Gasteiger partial charge in [0.25, 0.3) is 6.71 Å². The first-order chi connectivity index (χ1) is 34.8. The van der Waals surface area contributed by atoms with E-state index in [9.17, 15) is 0 Å². The van der Waals surface area contributed by atoms with Crippen LogP contribution in [0.15, 0.2) is 164 Å². The van der Waals surface area contributed by atoms with E-state index in [2.05, 4.69) is 255 Å². The minimum atomic E-state index is -0.141. The SMILES string of the molecule is CC(C)(C)c1ccc(N2c3cc(C(C)(C)C)ccc3B3c4ccc(C(C)(C)C)cc4N(c4cccc5c4sc4ccccc45)c4cc(N5c6ccccc6C6(C)CCCCC56C)cc2c43)c(-c2ccccc2)c1. The van der Waals surface area contributed by atoms with Crippen molar-refractivity contribution in [2.24, 2.45) is 0 Å². The molecule has 2 unspecified atom stereocenters. The maximum Gasteiger partial charge on any atom is 0.252 e. The molecule has 73 heavy (non-hydrogen) atoms. The molecule has 0 N–H and O–H groups in total. The first-order valence-corrected chi connectivity index (χ1v) is 27.7. The first-order valence-electron chi connectivity index (χ1n) is 26.9. The number of nitrogens with zero attached hydrogens (tertiary/aromatic N) is 3. The van der Waals surface area contributed by atoms with Crippen LogP contribution in [0.5, 0.6) is 0 Å². The summed E-state index contributed by atoms with van der Waals surface area (Å²) in [6.07, 6.45) is 4.77. The lowest BCUT2D eigenvalue weighted by Crippen LogP contribution is -2.61. The molecule has 0 bridgehead atoms. The average molecular weight is 970 g/mol. The van der Waals surface area contributed by atoms with Crippen LogP contribution < -0.4 is 31.1 Å². The molecule has 1 saturated carbocycles. The molecule has 8 aromatic carbocycles. The lowest BCUT2D eigenvalue weighted by Gasteiger charge is -2.51. The maximum atomic E-state index is 2.81.